The third-order valence-corrected chi connectivity index (χ3v) is 2.65. The van der Waals surface area contributed by atoms with E-state index in [1.807, 2.05) is 0 Å². The maximum Gasteiger partial charge on any atom is 0.354 e. The van der Waals surface area contributed by atoms with Crippen LogP contribution in [0.3, 0.4) is 0 Å². The number of aryl methyl sites for hydroxylation is 1. The van der Waals surface area contributed by atoms with Crippen molar-refractivity contribution in [3.63, 3.8) is 0 Å². The van der Waals surface area contributed by atoms with Crippen molar-refractivity contribution in [1.29, 1.82) is 0 Å². The van der Waals surface area contributed by atoms with Crippen molar-refractivity contribution in [3.8, 4) is 11.4 Å². The van der Waals surface area contributed by atoms with Gasteiger partial charge in [-0.05, 0) is 25.1 Å². The Kier molecular flexibility index (Phi) is 3.25. The summed E-state index contributed by atoms with van der Waals surface area (Å²) in [4.78, 5) is 18.8. The van der Waals surface area contributed by atoms with Crippen LogP contribution in [0.5, 0.6) is 0 Å². The summed E-state index contributed by atoms with van der Waals surface area (Å²) in [5.41, 5.74) is 0.582. The van der Waals surface area contributed by atoms with Gasteiger partial charge in [-0.3, -0.25) is 0 Å². The predicted octanol–water partition coefficient (Wildman–Crippen LogP) is 2.94. The molecule has 0 aliphatic rings. The molecule has 0 saturated carbocycles. The third kappa shape index (κ3) is 2.31. The van der Waals surface area contributed by atoms with Gasteiger partial charge in [0.15, 0.2) is 11.5 Å². The first-order valence-corrected chi connectivity index (χ1v) is 5.40. The van der Waals surface area contributed by atoms with Crippen LogP contribution in [-0.2, 0) is 0 Å². The fourth-order valence-electron chi connectivity index (χ4n) is 1.48. The lowest BCUT2D eigenvalue weighted by Gasteiger charge is -2.05. The summed E-state index contributed by atoms with van der Waals surface area (Å²) in [6.07, 6.45) is 0. The molecule has 0 aliphatic heterocycles. The molecule has 0 fully saturated rings. The summed E-state index contributed by atoms with van der Waals surface area (Å²) >= 11 is 5.81. The molecular formula is C12H8ClFN2O2. The fraction of sp³-hybridized carbons (Fsp3) is 0.0833. The van der Waals surface area contributed by atoms with Gasteiger partial charge >= 0.3 is 5.97 Å². The maximum atomic E-state index is 13.3. The monoisotopic (exact) mass is 266 g/mol. The molecule has 0 amide bonds. The van der Waals surface area contributed by atoms with Gasteiger partial charge in [0.25, 0.3) is 0 Å². The minimum atomic E-state index is -1.17. The molecule has 1 heterocycles. The van der Waals surface area contributed by atoms with Crippen LogP contribution in [0.15, 0.2) is 24.3 Å². The standard InChI is InChI=1S/C12H8ClFN2O2/c1-6-5-9(12(17)18)16-11(15-6)7-3-2-4-8(14)10(7)13/h2-5H,1H3,(H,17,18). The fourth-order valence-corrected chi connectivity index (χ4v) is 1.69. The molecule has 92 valence electrons. The summed E-state index contributed by atoms with van der Waals surface area (Å²) in [6, 6.07) is 5.53. The molecule has 0 aliphatic carbocycles. The Morgan fingerprint density at radius 1 is 1.39 bits per heavy atom. The molecule has 0 atom stereocenters. The van der Waals surface area contributed by atoms with E-state index >= 15 is 0 Å². The summed E-state index contributed by atoms with van der Waals surface area (Å²) in [6.45, 7) is 1.63. The minimum absolute atomic E-state index is 0.0944. The first-order valence-electron chi connectivity index (χ1n) is 5.02. The van der Waals surface area contributed by atoms with E-state index in [2.05, 4.69) is 9.97 Å². The Morgan fingerprint density at radius 3 is 2.78 bits per heavy atom. The SMILES string of the molecule is Cc1cc(C(=O)O)nc(-c2cccc(F)c2Cl)n1. The van der Waals surface area contributed by atoms with E-state index in [-0.39, 0.29) is 22.1 Å². The van der Waals surface area contributed by atoms with Crippen molar-refractivity contribution in [2.24, 2.45) is 0 Å². The Morgan fingerprint density at radius 2 is 2.11 bits per heavy atom. The molecule has 2 rings (SSSR count). The van der Waals surface area contributed by atoms with Gasteiger partial charge in [0, 0.05) is 11.3 Å². The molecule has 2 aromatic rings. The topological polar surface area (TPSA) is 63.1 Å². The number of nitrogens with zero attached hydrogens (tertiary/aromatic N) is 2. The van der Waals surface area contributed by atoms with Crippen LogP contribution in [0, 0.1) is 12.7 Å². The first-order chi connectivity index (χ1) is 8.49. The number of halogens is 2. The van der Waals surface area contributed by atoms with E-state index in [1.54, 1.807) is 6.92 Å². The highest BCUT2D eigenvalue weighted by molar-refractivity contribution is 6.33. The smallest absolute Gasteiger partial charge is 0.354 e. The number of carbonyl (C=O) groups is 1. The maximum absolute atomic E-state index is 13.3. The van der Waals surface area contributed by atoms with Gasteiger partial charge in [-0.25, -0.2) is 19.2 Å². The zero-order valence-corrected chi connectivity index (χ0v) is 10.1. The van der Waals surface area contributed by atoms with Crippen LogP contribution < -0.4 is 0 Å². The van der Waals surface area contributed by atoms with Gasteiger partial charge < -0.3 is 5.11 Å². The second kappa shape index (κ2) is 4.70. The van der Waals surface area contributed by atoms with E-state index < -0.39 is 11.8 Å². The number of rotatable bonds is 2. The zero-order chi connectivity index (χ0) is 13.3. The molecule has 0 unspecified atom stereocenters. The van der Waals surface area contributed by atoms with E-state index in [4.69, 9.17) is 16.7 Å². The molecule has 6 heteroatoms. The molecule has 0 bridgehead atoms. The van der Waals surface area contributed by atoms with Crippen LogP contribution in [0.1, 0.15) is 16.2 Å². The lowest BCUT2D eigenvalue weighted by Crippen LogP contribution is -2.04. The number of aromatic nitrogens is 2. The van der Waals surface area contributed by atoms with E-state index in [0.29, 0.717) is 5.69 Å². The number of carboxylic acid groups (broad SMARTS) is 1. The summed E-state index contributed by atoms with van der Waals surface area (Å²) in [5.74, 6) is -1.68. The Balaban J connectivity index is 2.64. The van der Waals surface area contributed by atoms with Crippen molar-refractivity contribution in [2.45, 2.75) is 6.92 Å². The molecule has 1 N–H and O–H groups in total. The van der Waals surface area contributed by atoms with Crippen LogP contribution in [-0.4, -0.2) is 21.0 Å². The molecule has 4 nitrogen and oxygen atoms in total. The average molecular weight is 267 g/mol. The van der Waals surface area contributed by atoms with Gasteiger partial charge in [0.2, 0.25) is 0 Å². The van der Waals surface area contributed by atoms with Crippen molar-refractivity contribution >= 4 is 17.6 Å². The number of hydrogen-bond donors (Lipinski definition) is 1. The molecule has 0 radical (unpaired) electrons. The van der Waals surface area contributed by atoms with Crippen LogP contribution in [0.25, 0.3) is 11.4 Å². The van der Waals surface area contributed by atoms with Crippen molar-refractivity contribution in [1.82, 2.24) is 9.97 Å². The number of carboxylic acids is 1. The first kappa shape index (κ1) is 12.4. The second-order valence-corrected chi connectivity index (χ2v) is 4.00. The normalized spacial score (nSPS) is 10.4. The van der Waals surface area contributed by atoms with Crippen LogP contribution >= 0.6 is 11.6 Å². The van der Waals surface area contributed by atoms with Crippen LogP contribution in [0.4, 0.5) is 4.39 Å². The molecule has 0 spiro atoms. The van der Waals surface area contributed by atoms with Crippen molar-refractivity contribution < 1.29 is 14.3 Å². The Bertz CT molecular complexity index is 631. The van der Waals surface area contributed by atoms with Gasteiger partial charge in [0.05, 0.1) is 5.02 Å². The van der Waals surface area contributed by atoms with E-state index in [9.17, 15) is 9.18 Å². The molecular weight excluding hydrogens is 259 g/mol. The minimum Gasteiger partial charge on any atom is -0.477 e. The number of benzene rings is 1. The van der Waals surface area contributed by atoms with E-state index in [0.717, 1.165) is 0 Å². The molecule has 0 saturated heterocycles. The summed E-state index contributed by atoms with van der Waals surface area (Å²) in [7, 11) is 0. The zero-order valence-electron chi connectivity index (χ0n) is 9.32. The van der Waals surface area contributed by atoms with E-state index in [1.165, 1.54) is 24.3 Å². The van der Waals surface area contributed by atoms with Gasteiger partial charge in [0.1, 0.15) is 5.82 Å². The third-order valence-electron chi connectivity index (χ3n) is 2.27. The highest BCUT2D eigenvalue weighted by atomic mass is 35.5. The second-order valence-electron chi connectivity index (χ2n) is 3.62. The highest BCUT2D eigenvalue weighted by Gasteiger charge is 2.14. The Labute approximate surface area is 107 Å². The van der Waals surface area contributed by atoms with Gasteiger partial charge in [-0.1, -0.05) is 17.7 Å². The lowest BCUT2D eigenvalue weighted by atomic mass is 10.2. The lowest BCUT2D eigenvalue weighted by molar-refractivity contribution is 0.0690. The van der Waals surface area contributed by atoms with Crippen LogP contribution in [0.2, 0.25) is 5.02 Å². The quantitative estimate of drug-likeness (QED) is 0.908. The average Bonchev–Trinajstić information content (AvgIpc) is 2.31. The number of aromatic carboxylic acids is 1. The van der Waals surface area contributed by atoms with Gasteiger partial charge in [-0.2, -0.15) is 0 Å². The summed E-state index contributed by atoms with van der Waals surface area (Å²) < 4.78 is 13.3. The molecule has 1 aromatic carbocycles. The largest absolute Gasteiger partial charge is 0.477 e. The summed E-state index contributed by atoms with van der Waals surface area (Å²) in [5, 5.41) is 8.78. The predicted molar refractivity (Wildman–Crippen MR) is 64.1 cm³/mol. The number of hydrogen-bond acceptors (Lipinski definition) is 3. The van der Waals surface area contributed by atoms with Gasteiger partial charge in [-0.15, -0.1) is 0 Å². The van der Waals surface area contributed by atoms with Crippen molar-refractivity contribution in [2.75, 3.05) is 0 Å². The Hall–Kier alpha value is -2.01. The van der Waals surface area contributed by atoms with Crippen molar-refractivity contribution in [3.05, 3.63) is 46.5 Å². The molecule has 18 heavy (non-hydrogen) atoms. The molecule has 1 aromatic heterocycles. The highest BCUT2D eigenvalue weighted by Crippen LogP contribution is 2.27.